The Balaban J connectivity index is 1.71. The van der Waals surface area contributed by atoms with Crippen molar-refractivity contribution in [2.24, 2.45) is 34.0 Å². The van der Waals surface area contributed by atoms with Crippen LogP contribution in [0.1, 0.15) is 27.7 Å². The molecule has 164 valence electrons. The fourth-order valence-corrected chi connectivity index (χ4v) is 8.28. The normalized spacial score (nSPS) is 60.1. The quantitative estimate of drug-likeness (QED) is 0.309. The molecule has 3 N–H and O–H groups in total. The molecule has 0 radical (unpaired) electrons. The minimum absolute atomic E-state index is 0.581. The van der Waals surface area contributed by atoms with Crippen LogP contribution in [0.15, 0.2) is 0 Å². The maximum absolute atomic E-state index is 13.3. The van der Waals surface area contributed by atoms with Gasteiger partial charge in [0.15, 0.2) is 11.7 Å². The lowest BCUT2D eigenvalue weighted by Gasteiger charge is -2.47. The molecule has 6 aliphatic rings. The molecule has 12 atom stereocenters. The third kappa shape index (κ3) is 1.40. The highest BCUT2D eigenvalue weighted by Gasteiger charge is 3.01. The molecule has 0 aromatic rings. The molecule has 2 saturated carbocycles. The first-order chi connectivity index (χ1) is 13.9. The van der Waals surface area contributed by atoms with Gasteiger partial charge in [-0.25, -0.2) is 9.59 Å². The average molecular weight is 424 g/mol. The van der Waals surface area contributed by atoms with Gasteiger partial charge in [0.05, 0.1) is 28.8 Å². The number of hydrogen-bond donors (Lipinski definition) is 3. The topological polar surface area (TPSA) is 149 Å². The van der Waals surface area contributed by atoms with Crippen molar-refractivity contribution in [1.29, 1.82) is 0 Å². The lowest BCUT2D eigenvalue weighted by Crippen LogP contribution is -2.63. The van der Waals surface area contributed by atoms with Gasteiger partial charge < -0.3 is 34.3 Å². The summed E-state index contributed by atoms with van der Waals surface area (Å²) < 4.78 is 22.7. The van der Waals surface area contributed by atoms with E-state index in [0.717, 1.165) is 0 Å². The third-order valence-corrected chi connectivity index (χ3v) is 8.76. The second-order valence-corrected chi connectivity index (χ2v) is 10.6. The van der Waals surface area contributed by atoms with Crippen LogP contribution in [0.2, 0.25) is 0 Å². The Morgan fingerprint density at radius 3 is 2.27 bits per heavy atom. The number of fused-ring (bicyclic) bond motifs is 1. The summed E-state index contributed by atoms with van der Waals surface area (Å²) in [5, 5.41) is 34.2. The van der Waals surface area contributed by atoms with E-state index in [1.165, 1.54) is 0 Å². The molecule has 4 saturated heterocycles. The summed E-state index contributed by atoms with van der Waals surface area (Å²) in [6.45, 7) is 7.05. The monoisotopic (exact) mass is 424 g/mol. The molecular formula is C20H24O10. The fraction of sp³-hybridized carbons (Fsp3) is 0.850. The van der Waals surface area contributed by atoms with Crippen molar-refractivity contribution < 1.29 is 48.7 Å². The van der Waals surface area contributed by atoms with Crippen molar-refractivity contribution >= 4 is 17.9 Å². The summed E-state index contributed by atoms with van der Waals surface area (Å²) in [7, 11) is 0. The molecule has 4 aliphatic heterocycles. The Morgan fingerprint density at radius 2 is 1.63 bits per heavy atom. The van der Waals surface area contributed by atoms with E-state index in [-0.39, 0.29) is 0 Å². The highest BCUT2D eigenvalue weighted by Crippen LogP contribution is 2.83. The predicted octanol–water partition coefficient (Wildman–Crippen LogP) is -1.51. The van der Waals surface area contributed by atoms with E-state index >= 15 is 0 Å². The van der Waals surface area contributed by atoms with E-state index in [1.54, 1.807) is 6.92 Å². The highest BCUT2D eigenvalue weighted by atomic mass is 16.7. The first-order valence-corrected chi connectivity index (χ1v) is 10.2. The van der Waals surface area contributed by atoms with Gasteiger partial charge in [0.2, 0.25) is 6.29 Å². The number of ether oxygens (including phenoxy) is 4. The standard InChI is InChI=1S/C20H24O10/c1-5-6-8(27-13(5)24)10(22)19-12-7(21)9(17(2,3)4)18(19)11(23)14(25)29-16(18)30-20(6,19)15(26)28-12/h5-12,16,21-23H,1-4H3/t5-,6+,7-,8?,9+,10+,11+,12?,16?,18?,19?,20?/m1/s1. The lowest BCUT2D eigenvalue weighted by atomic mass is 9.51. The molecule has 2 spiro atoms. The van der Waals surface area contributed by atoms with E-state index in [2.05, 4.69) is 0 Å². The summed E-state index contributed by atoms with van der Waals surface area (Å²) >= 11 is 0. The Labute approximate surface area is 171 Å². The van der Waals surface area contributed by atoms with Gasteiger partial charge in [0.1, 0.15) is 18.3 Å². The largest absolute Gasteiger partial charge is 0.459 e. The zero-order valence-corrected chi connectivity index (χ0v) is 16.9. The number of hydrogen-bond acceptors (Lipinski definition) is 10. The van der Waals surface area contributed by atoms with Gasteiger partial charge in [-0.2, -0.15) is 0 Å². The molecule has 10 heteroatoms. The molecule has 30 heavy (non-hydrogen) atoms. The van der Waals surface area contributed by atoms with Crippen LogP contribution in [0.4, 0.5) is 0 Å². The first-order valence-electron chi connectivity index (χ1n) is 10.2. The molecule has 2 aliphatic carbocycles. The highest BCUT2D eigenvalue weighted by molar-refractivity contribution is 5.92. The summed E-state index contributed by atoms with van der Waals surface area (Å²) in [6, 6.07) is 0. The SMILES string of the molecule is C[C@H]1C(=O)OC2[C@H]1C13OC4OC(=O)[C@H](O)C45[C@H](C(C)(C)C)[C@@H](O)C(OC1=O)C35[C@H]2O. The van der Waals surface area contributed by atoms with Crippen molar-refractivity contribution in [3.05, 3.63) is 0 Å². The van der Waals surface area contributed by atoms with Gasteiger partial charge in [0.25, 0.3) is 0 Å². The number of aliphatic hydroxyl groups is 3. The molecule has 0 aromatic heterocycles. The summed E-state index contributed by atoms with van der Waals surface area (Å²) in [5.74, 6) is -4.90. The molecule has 0 bridgehead atoms. The van der Waals surface area contributed by atoms with Gasteiger partial charge in [-0.3, -0.25) is 4.79 Å². The first kappa shape index (κ1) is 19.0. The van der Waals surface area contributed by atoms with Gasteiger partial charge in [0, 0.05) is 5.92 Å². The number of esters is 3. The molecule has 0 aromatic carbocycles. The Bertz CT molecular complexity index is 910. The lowest BCUT2D eigenvalue weighted by molar-refractivity contribution is -0.208. The van der Waals surface area contributed by atoms with Crippen LogP contribution in [-0.2, 0) is 33.3 Å². The van der Waals surface area contributed by atoms with Crippen molar-refractivity contribution in [3.63, 3.8) is 0 Å². The van der Waals surface area contributed by atoms with Gasteiger partial charge in [-0.05, 0) is 5.41 Å². The summed E-state index contributed by atoms with van der Waals surface area (Å²) in [4.78, 5) is 38.2. The van der Waals surface area contributed by atoms with Crippen LogP contribution < -0.4 is 0 Å². The summed E-state index contributed by atoms with van der Waals surface area (Å²) in [6.07, 6.45) is -8.29. The van der Waals surface area contributed by atoms with Crippen molar-refractivity contribution in [2.45, 2.75) is 70.1 Å². The maximum atomic E-state index is 13.3. The number of aliphatic hydroxyl groups excluding tert-OH is 3. The van der Waals surface area contributed by atoms with E-state index in [0.29, 0.717) is 0 Å². The fourth-order valence-electron chi connectivity index (χ4n) is 8.28. The Kier molecular flexibility index (Phi) is 3.06. The van der Waals surface area contributed by atoms with Gasteiger partial charge in [-0.15, -0.1) is 0 Å². The number of carbonyl (C=O) groups excluding carboxylic acids is 3. The Morgan fingerprint density at radius 1 is 0.967 bits per heavy atom. The van der Waals surface area contributed by atoms with Crippen LogP contribution in [0.5, 0.6) is 0 Å². The number of rotatable bonds is 0. The molecule has 10 nitrogen and oxygen atoms in total. The van der Waals surface area contributed by atoms with Crippen LogP contribution in [0, 0.1) is 34.0 Å². The molecule has 6 unspecified atom stereocenters. The minimum Gasteiger partial charge on any atom is -0.459 e. The zero-order chi connectivity index (χ0) is 21.8. The molecule has 0 amide bonds. The summed E-state index contributed by atoms with van der Waals surface area (Å²) in [5.41, 5.74) is -5.96. The van der Waals surface area contributed by atoms with Crippen LogP contribution >= 0.6 is 0 Å². The van der Waals surface area contributed by atoms with Crippen molar-refractivity contribution in [1.82, 2.24) is 0 Å². The van der Waals surface area contributed by atoms with Crippen LogP contribution in [0.25, 0.3) is 0 Å². The predicted molar refractivity (Wildman–Crippen MR) is 91.9 cm³/mol. The van der Waals surface area contributed by atoms with E-state index in [1.807, 2.05) is 20.8 Å². The third-order valence-electron chi connectivity index (χ3n) is 8.76. The Hall–Kier alpha value is -1.75. The van der Waals surface area contributed by atoms with Gasteiger partial charge >= 0.3 is 17.9 Å². The molecular weight excluding hydrogens is 400 g/mol. The molecule has 4 heterocycles. The van der Waals surface area contributed by atoms with E-state index < -0.39 is 94.3 Å². The van der Waals surface area contributed by atoms with Gasteiger partial charge in [-0.1, -0.05) is 27.7 Å². The second-order valence-electron chi connectivity index (χ2n) is 10.6. The zero-order valence-electron chi connectivity index (χ0n) is 16.9. The number of carbonyl (C=O) groups is 3. The van der Waals surface area contributed by atoms with Crippen LogP contribution in [-0.4, -0.2) is 75.6 Å². The van der Waals surface area contributed by atoms with Crippen LogP contribution in [0.3, 0.4) is 0 Å². The minimum atomic E-state index is -1.89. The smallest absolute Gasteiger partial charge is 0.340 e. The second kappa shape index (κ2) is 4.85. The maximum Gasteiger partial charge on any atom is 0.340 e. The molecule has 6 rings (SSSR count). The van der Waals surface area contributed by atoms with E-state index in [9.17, 15) is 29.7 Å². The average Bonchev–Trinajstić information content (AvgIpc) is 3.34. The molecule has 6 fully saturated rings. The van der Waals surface area contributed by atoms with Crippen molar-refractivity contribution in [2.75, 3.05) is 0 Å². The van der Waals surface area contributed by atoms with E-state index in [4.69, 9.17) is 18.9 Å². The van der Waals surface area contributed by atoms with Crippen molar-refractivity contribution in [3.8, 4) is 0 Å².